The second kappa shape index (κ2) is 6.04. The second-order valence-electron chi connectivity index (χ2n) is 5.19. The van der Waals surface area contributed by atoms with E-state index in [0.717, 1.165) is 19.4 Å². The Kier molecular flexibility index (Phi) is 4.95. The van der Waals surface area contributed by atoms with Gasteiger partial charge in [-0.1, -0.05) is 0 Å². The highest BCUT2D eigenvalue weighted by molar-refractivity contribution is 5.85. The number of hydrogen-bond acceptors (Lipinski definition) is 3. The first-order valence-electron chi connectivity index (χ1n) is 6.18. The van der Waals surface area contributed by atoms with Gasteiger partial charge in [0.1, 0.15) is 5.54 Å². The van der Waals surface area contributed by atoms with E-state index in [9.17, 15) is 9.59 Å². The van der Waals surface area contributed by atoms with Crippen LogP contribution in [-0.4, -0.2) is 54.4 Å². The molecule has 1 atom stereocenters. The Bertz CT molecular complexity index is 311. The number of aliphatic carboxylic acids is 1. The first kappa shape index (κ1) is 14.8. The van der Waals surface area contributed by atoms with Crippen LogP contribution in [0.3, 0.4) is 0 Å². The van der Waals surface area contributed by atoms with Crippen molar-refractivity contribution in [1.82, 2.24) is 10.2 Å². The van der Waals surface area contributed by atoms with Crippen LogP contribution in [0.2, 0.25) is 0 Å². The molecule has 104 valence electrons. The lowest BCUT2D eigenvalue weighted by Gasteiger charge is -2.32. The number of nitrogens with one attached hydrogen (secondary N) is 1. The quantitative estimate of drug-likeness (QED) is 0.786. The SMILES string of the molecule is CN(C(=O)NCC1CCCOC1)C(C)(C)C(=O)O. The molecule has 6 heteroatoms. The fraction of sp³-hybridized carbons (Fsp3) is 0.833. The molecule has 1 heterocycles. The van der Waals surface area contributed by atoms with Gasteiger partial charge in [0.2, 0.25) is 0 Å². The monoisotopic (exact) mass is 258 g/mol. The maximum absolute atomic E-state index is 11.8. The number of likely N-dealkylation sites (N-methyl/N-ethyl adjacent to an activating group) is 1. The molecule has 2 amide bonds. The summed E-state index contributed by atoms with van der Waals surface area (Å²) < 4.78 is 5.32. The van der Waals surface area contributed by atoms with E-state index in [0.29, 0.717) is 19.1 Å². The highest BCUT2D eigenvalue weighted by atomic mass is 16.5. The Morgan fingerprint density at radius 3 is 2.67 bits per heavy atom. The van der Waals surface area contributed by atoms with E-state index in [4.69, 9.17) is 9.84 Å². The minimum absolute atomic E-state index is 0.323. The van der Waals surface area contributed by atoms with Crippen molar-refractivity contribution >= 4 is 12.0 Å². The normalized spacial score (nSPS) is 20.3. The molecule has 0 spiro atoms. The van der Waals surface area contributed by atoms with Crippen molar-refractivity contribution in [1.29, 1.82) is 0 Å². The Hall–Kier alpha value is -1.30. The average molecular weight is 258 g/mol. The molecule has 1 aliphatic rings. The summed E-state index contributed by atoms with van der Waals surface area (Å²) in [4.78, 5) is 24.1. The number of amides is 2. The first-order valence-corrected chi connectivity index (χ1v) is 6.18. The third-order valence-corrected chi connectivity index (χ3v) is 3.46. The van der Waals surface area contributed by atoms with Gasteiger partial charge in [-0.25, -0.2) is 9.59 Å². The highest BCUT2D eigenvalue weighted by Crippen LogP contribution is 2.14. The number of hydrogen-bond donors (Lipinski definition) is 2. The molecule has 1 rings (SSSR count). The van der Waals surface area contributed by atoms with Gasteiger partial charge in [-0.15, -0.1) is 0 Å². The second-order valence-corrected chi connectivity index (χ2v) is 5.19. The summed E-state index contributed by atoms with van der Waals surface area (Å²) in [6.07, 6.45) is 2.04. The minimum atomic E-state index is -1.22. The Labute approximate surface area is 107 Å². The molecule has 0 aliphatic carbocycles. The van der Waals surface area contributed by atoms with Crippen molar-refractivity contribution in [2.24, 2.45) is 5.92 Å². The summed E-state index contributed by atoms with van der Waals surface area (Å²) in [5.41, 5.74) is -1.22. The van der Waals surface area contributed by atoms with Gasteiger partial charge < -0.3 is 20.1 Å². The summed E-state index contributed by atoms with van der Waals surface area (Å²) in [5.74, 6) is -0.704. The fourth-order valence-electron chi connectivity index (χ4n) is 1.72. The molecule has 18 heavy (non-hydrogen) atoms. The van der Waals surface area contributed by atoms with E-state index < -0.39 is 11.5 Å². The van der Waals surface area contributed by atoms with Crippen molar-refractivity contribution in [2.75, 3.05) is 26.8 Å². The van der Waals surface area contributed by atoms with Crippen LogP contribution in [0.5, 0.6) is 0 Å². The van der Waals surface area contributed by atoms with E-state index in [1.54, 1.807) is 0 Å². The number of nitrogens with zero attached hydrogens (tertiary/aromatic N) is 1. The minimum Gasteiger partial charge on any atom is -0.480 e. The largest absolute Gasteiger partial charge is 0.480 e. The molecule has 0 aromatic carbocycles. The number of ether oxygens (including phenoxy) is 1. The molecule has 0 bridgehead atoms. The molecule has 0 aromatic rings. The molecule has 1 fully saturated rings. The molecule has 6 nitrogen and oxygen atoms in total. The summed E-state index contributed by atoms with van der Waals surface area (Å²) in [6.45, 7) is 4.97. The number of carbonyl (C=O) groups excluding carboxylic acids is 1. The van der Waals surface area contributed by atoms with Gasteiger partial charge in [0.05, 0.1) is 6.61 Å². The summed E-state index contributed by atoms with van der Waals surface area (Å²) in [7, 11) is 1.49. The van der Waals surface area contributed by atoms with Crippen LogP contribution in [0.4, 0.5) is 4.79 Å². The van der Waals surface area contributed by atoms with Crippen molar-refractivity contribution in [3.05, 3.63) is 0 Å². The summed E-state index contributed by atoms with van der Waals surface area (Å²) in [5, 5.41) is 11.8. The lowest BCUT2D eigenvalue weighted by molar-refractivity contribution is -0.146. The van der Waals surface area contributed by atoms with Crippen LogP contribution < -0.4 is 5.32 Å². The molecular weight excluding hydrogens is 236 g/mol. The standard InChI is InChI=1S/C12H22N2O4/c1-12(2,10(15)16)14(3)11(17)13-7-9-5-4-6-18-8-9/h9H,4-8H2,1-3H3,(H,13,17)(H,15,16). The molecule has 0 aromatic heterocycles. The predicted octanol–water partition coefficient (Wildman–Crippen LogP) is 0.918. The highest BCUT2D eigenvalue weighted by Gasteiger charge is 2.35. The van der Waals surface area contributed by atoms with Gasteiger partial charge in [-0.3, -0.25) is 0 Å². The predicted molar refractivity (Wildman–Crippen MR) is 66.4 cm³/mol. The van der Waals surface area contributed by atoms with Gasteiger partial charge in [0.25, 0.3) is 0 Å². The molecular formula is C12H22N2O4. The van der Waals surface area contributed by atoms with E-state index in [1.807, 2.05) is 0 Å². The van der Waals surface area contributed by atoms with Crippen LogP contribution in [0.1, 0.15) is 26.7 Å². The van der Waals surface area contributed by atoms with Gasteiger partial charge in [-0.05, 0) is 32.6 Å². The Balaban J connectivity index is 2.42. The van der Waals surface area contributed by atoms with Crippen LogP contribution in [0.25, 0.3) is 0 Å². The van der Waals surface area contributed by atoms with E-state index >= 15 is 0 Å². The number of carbonyl (C=O) groups is 2. The van der Waals surface area contributed by atoms with Crippen LogP contribution in [-0.2, 0) is 9.53 Å². The molecule has 0 radical (unpaired) electrons. The van der Waals surface area contributed by atoms with Crippen LogP contribution in [0, 0.1) is 5.92 Å². The summed E-state index contributed by atoms with van der Waals surface area (Å²) >= 11 is 0. The van der Waals surface area contributed by atoms with Crippen molar-refractivity contribution < 1.29 is 19.4 Å². The Morgan fingerprint density at radius 1 is 1.50 bits per heavy atom. The number of carboxylic acids is 1. The smallest absolute Gasteiger partial charge is 0.329 e. The van der Waals surface area contributed by atoms with Crippen molar-refractivity contribution in [3.63, 3.8) is 0 Å². The zero-order chi connectivity index (χ0) is 13.8. The Morgan fingerprint density at radius 2 is 2.17 bits per heavy atom. The van der Waals surface area contributed by atoms with E-state index in [-0.39, 0.29) is 6.03 Å². The van der Waals surface area contributed by atoms with Crippen LogP contribution >= 0.6 is 0 Å². The lowest BCUT2D eigenvalue weighted by atomic mass is 10.0. The molecule has 0 saturated carbocycles. The average Bonchev–Trinajstić information content (AvgIpc) is 2.36. The number of urea groups is 1. The maximum atomic E-state index is 11.8. The third-order valence-electron chi connectivity index (χ3n) is 3.46. The van der Waals surface area contributed by atoms with E-state index in [1.165, 1.54) is 25.8 Å². The first-order chi connectivity index (χ1) is 8.35. The zero-order valence-electron chi connectivity index (χ0n) is 11.2. The molecule has 2 N–H and O–H groups in total. The van der Waals surface area contributed by atoms with E-state index in [2.05, 4.69) is 5.32 Å². The maximum Gasteiger partial charge on any atom is 0.329 e. The van der Waals surface area contributed by atoms with Gasteiger partial charge in [-0.2, -0.15) is 0 Å². The lowest BCUT2D eigenvalue weighted by Crippen LogP contribution is -2.54. The van der Waals surface area contributed by atoms with Crippen molar-refractivity contribution in [3.8, 4) is 0 Å². The molecule has 1 saturated heterocycles. The van der Waals surface area contributed by atoms with Gasteiger partial charge in [0, 0.05) is 20.2 Å². The molecule has 1 aliphatic heterocycles. The number of carboxylic acid groups (broad SMARTS) is 1. The van der Waals surface area contributed by atoms with Crippen molar-refractivity contribution in [2.45, 2.75) is 32.2 Å². The van der Waals surface area contributed by atoms with Crippen LogP contribution in [0.15, 0.2) is 0 Å². The zero-order valence-corrected chi connectivity index (χ0v) is 11.2. The van der Waals surface area contributed by atoms with Gasteiger partial charge in [0.15, 0.2) is 0 Å². The fourth-order valence-corrected chi connectivity index (χ4v) is 1.72. The summed E-state index contributed by atoms with van der Waals surface area (Å²) in [6, 6.07) is -0.368. The van der Waals surface area contributed by atoms with Gasteiger partial charge >= 0.3 is 12.0 Å². The molecule has 1 unspecified atom stereocenters. The third kappa shape index (κ3) is 3.60. The number of rotatable bonds is 4. The topological polar surface area (TPSA) is 78.9 Å².